The van der Waals surface area contributed by atoms with E-state index >= 15 is 0 Å². The van der Waals surface area contributed by atoms with Gasteiger partial charge in [-0.15, -0.1) is 0 Å². The number of anilines is 12. The maximum Gasteiger partial charge on any atom is 0.0968 e. The molecule has 7 nitrogen and oxygen atoms in total. The molecule has 0 spiro atoms. The highest BCUT2D eigenvalue weighted by atomic mass is 15.3. The Kier molecular flexibility index (Phi) is 12.6. The highest BCUT2D eigenvalue weighted by Crippen LogP contribution is 2.58. The molecular formula is C57H51N7. The van der Waals surface area contributed by atoms with E-state index in [4.69, 9.17) is 17.2 Å². The summed E-state index contributed by atoms with van der Waals surface area (Å²) in [7, 11) is 0. The molecule has 9 aromatic carbocycles. The summed E-state index contributed by atoms with van der Waals surface area (Å²) in [6.07, 6.45) is 0. The molecule has 9 aromatic rings. The van der Waals surface area contributed by atoms with E-state index in [1.165, 1.54) is 0 Å². The minimum absolute atomic E-state index is 0.385. The summed E-state index contributed by atoms with van der Waals surface area (Å²) in [5.41, 5.74) is 33.8. The smallest absolute Gasteiger partial charge is 0.0968 e. The van der Waals surface area contributed by atoms with Gasteiger partial charge < -0.3 is 36.8 Å². The SMILES string of the molecule is NCc1cccc(N(c2ccccc2)c2ccc(N(c3ccccc3)c3ccccc3)c(N(c3ccccc3)c3cccc(CN)c3)c2N(c2ccccc2)c2cccc(CN)c2)c1. The molecular weight excluding hydrogens is 783 g/mol. The lowest BCUT2D eigenvalue weighted by Gasteiger charge is -2.40. The molecule has 0 bridgehead atoms. The Hall–Kier alpha value is -7.94. The standard InChI is InChI=1S/C57H51N7/c58-40-43-19-16-32-51(37-43)62(48-26-10-3-11-27-48)55-36-35-54(61(46-22-6-1-7-23-46)47-24-8-2-9-25-47)56(63(49-28-12-4-13-29-49)52-33-17-20-44(38-52)41-59)57(55)64(50-30-14-5-15-31-50)53-34-18-21-45(39-53)42-60/h1-39H,40-42,58-60H2. The van der Waals surface area contributed by atoms with Gasteiger partial charge in [0.2, 0.25) is 0 Å². The molecule has 64 heavy (non-hydrogen) atoms. The summed E-state index contributed by atoms with van der Waals surface area (Å²) in [4.78, 5) is 9.47. The second kappa shape index (κ2) is 19.4. The first-order valence-corrected chi connectivity index (χ1v) is 21.6. The lowest BCUT2D eigenvalue weighted by atomic mass is 10.0. The molecule has 314 valence electrons. The van der Waals surface area contributed by atoms with Crippen molar-refractivity contribution in [2.45, 2.75) is 19.6 Å². The van der Waals surface area contributed by atoms with Gasteiger partial charge in [0.1, 0.15) is 0 Å². The van der Waals surface area contributed by atoms with Crippen LogP contribution in [0.3, 0.4) is 0 Å². The number of para-hydroxylation sites is 5. The normalized spacial score (nSPS) is 10.9. The van der Waals surface area contributed by atoms with Crippen LogP contribution >= 0.6 is 0 Å². The molecule has 0 aromatic heterocycles. The van der Waals surface area contributed by atoms with E-state index in [-0.39, 0.29) is 0 Å². The van der Waals surface area contributed by atoms with Gasteiger partial charge in [-0.1, -0.05) is 127 Å². The molecule has 0 heterocycles. The Morgan fingerprint density at radius 1 is 0.234 bits per heavy atom. The van der Waals surface area contributed by atoms with Gasteiger partial charge >= 0.3 is 0 Å². The summed E-state index contributed by atoms with van der Waals surface area (Å²) in [5, 5.41) is 0. The number of rotatable bonds is 15. The van der Waals surface area contributed by atoms with Crippen LogP contribution in [-0.4, -0.2) is 0 Å². The molecule has 6 N–H and O–H groups in total. The zero-order valence-electron chi connectivity index (χ0n) is 35.7. The summed E-state index contributed by atoms with van der Waals surface area (Å²) in [6, 6.07) is 83.0. The predicted molar refractivity (Wildman–Crippen MR) is 269 cm³/mol. The first-order chi connectivity index (χ1) is 31.6. The highest BCUT2D eigenvalue weighted by molar-refractivity contribution is 6.07. The van der Waals surface area contributed by atoms with Gasteiger partial charge in [-0.2, -0.15) is 0 Å². The fourth-order valence-corrected chi connectivity index (χ4v) is 8.38. The van der Waals surface area contributed by atoms with Crippen molar-refractivity contribution in [1.29, 1.82) is 0 Å². The largest absolute Gasteiger partial charge is 0.326 e. The number of nitrogens with two attached hydrogens (primary N) is 3. The van der Waals surface area contributed by atoms with Gasteiger partial charge in [-0.05, 0) is 126 Å². The Labute approximate surface area is 376 Å². The third-order valence-corrected chi connectivity index (χ3v) is 11.3. The molecule has 0 aliphatic rings. The quantitative estimate of drug-likeness (QED) is 0.0947. The number of hydrogen-bond acceptors (Lipinski definition) is 7. The first-order valence-electron chi connectivity index (χ1n) is 21.6. The van der Waals surface area contributed by atoms with Crippen LogP contribution in [0.25, 0.3) is 0 Å². The minimum Gasteiger partial charge on any atom is -0.326 e. The summed E-state index contributed by atoms with van der Waals surface area (Å²) in [5.74, 6) is 0. The van der Waals surface area contributed by atoms with Gasteiger partial charge in [0.05, 0.1) is 22.7 Å². The molecule has 9 rings (SSSR count). The molecule has 0 radical (unpaired) electrons. The van der Waals surface area contributed by atoms with Gasteiger partial charge in [0.25, 0.3) is 0 Å². The number of benzene rings is 9. The monoisotopic (exact) mass is 833 g/mol. The van der Waals surface area contributed by atoms with E-state index in [1.807, 2.05) is 0 Å². The van der Waals surface area contributed by atoms with Crippen LogP contribution in [0.15, 0.2) is 237 Å². The summed E-state index contributed by atoms with van der Waals surface area (Å²) >= 11 is 0. The zero-order chi connectivity index (χ0) is 43.7. The van der Waals surface area contributed by atoms with Crippen LogP contribution in [0.2, 0.25) is 0 Å². The summed E-state index contributed by atoms with van der Waals surface area (Å²) in [6.45, 7) is 1.17. The van der Waals surface area contributed by atoms with Crippen molar-refractivity contribution in [3.63, 3.8) is 0 Å². The minimum atomic E-state index is 0.385. The average molecular weight is 834 g/mol. The van der Waals surface area contributed by atoms with Crippen LogP contribution in [-0.2, 0) is 19.6 Å². The lowest BCUT2D eigenvalue weighted by Crippen LogP contribution is -2.24. The van der Waals surface area contributed by atoms with Crippen LogP contribution in [0.1, 0.15) is 16.7 Å². The van der Waals surface area contributed by atoms with Gasteiger partial charge in [0.15, 0.2) is 0 Å². The van der Waals surface area contributed by atoms with Crippen LogP contribution in [0, 0.1) is 0 Å². The molecule has 7 heteroatoms. The van der Waals surface area contributed by atoms with Crippen molar-refractivity contribution >= 4 is 68.2 Å². The van der Waals surface area contributed by atoms with Gasteiger partial charge in [-0.3, -0.25) is 0 Å². The predicted octanol–water partition coefficient (Wildman–Crippen LogP) is 13.9. The first kappa shape index (κ1) is 41.4. The van der Waals surface area contributed by atoms with Gasteiger partial charge in [0, 0.05) is 65.1 Å². The van der Waals surface area contributed by atoms with Crippen LogP contribution in [0.5, 0.6) is 0 Å². The third-order valence-electron chi connectivity index (χ3n) is 11.3. The average Bonchev–Trinajstić information content (AvgIpc) is 3.37. The maximum absolute atomic E-state index is 6.44. The summed E-state index contributed by atoms with van der Waals surface area (Å²) < 4.78 is 0. The molecule has 0 atom stereocenters. The molecule has 0 saturated heterocycles. The molecule has 0 aliphatic heterocycles. The number of nitrogens with zero attached hydrogens (tertiary/aromatic N) is 4. The second-order valence-electron chi connectivity index (χ2n) is 15.4. The van der Waals surface area contributed by atoms with Crippen molar-refractivity contribution in [2.75, 3.05) is 19.6 Å². The van der Waals surface area contributed by atoms with Crippen molar-refractivity contribution in [3.05, 3.63) is 253 Å². The Morgan fingerprint density at radius 3 is 0.750 bits per heavy atom. The van der Waals surface area contributed by atoms with Crippen molar-refractivity contribution in [3.8, 4) is 0 Å². The van der Waals surface area contributed by atoms with E-state index in [0.717, 1.165) is 84.9 Å². The van der Waals surface area contributed by atoms with Gasteiger partial charge in [-0.25, -0.2) is 0 Å². The van der Waals surface area contributed by atoms with E-state index < -0.39 is 0 Å². The maximum atomic E-state index is 6.44. The number of hydrogen-bond donors (Lipinski definition) is 3. The molecule has 0 unspecified atom stereocenters. The third kappa shape index (κ3) is 8.60. The fraction of sp³-hybridized carbons (Fsp3) is 0.0526. The van der Waals surface area contributed by atoms with Crippen molar-refractivity contribution in [2.24, 2.45) is 17.2 Å². The molecule has 0 saturated carbocycles. The van der Waals surface area contributed by atoms with E-state index in [2.05, 4.69) is 256 Å². The van der Waals surface area contributed by atoms with Crippen LogP contribution < -0.4 is 36.8 Å². The second-order valence-corrected chi connectivity index (χ2v) is 15.4. The van der Waals surface area contributed by atoms with E-state index in [0.29, 0.717) is 19.6 Å². The topological polar surface area (TPSA) is 91.0 Å². The molecule has 0 amide bonds. The zero-order valence-corrected chi connectivity index (χ0v) is 35.7. The molecule has 0 fully saturated rings. The Bertz CT molecular complexity index is 2870. The molecule has 0 aliphatic carbocycles. The van der Waals surface area contributed by atoms with Crippen LogP contribution in [0.4, 0.5) is 68.2 Å². The fourth-order valence-electron chi connectivity index (χ4n) is 8.38. The van der Waals surface area contributed by atoms with E-state index in [1.54, 1.807) is 0 Å². The van der Waals surface area contributed by atoms with Crippen molar-refractivity contribution < 1.29 is 0 Å². The van der Waals surface area contributed by atoms with Crippen molar-refractivity contribution in [1.82, 2.24) is 0 Å². The Morgan fingerprint density at radius 2 is 0.469 bits per heavy atom. The van der Waals surface area contributed by atoms with E-state index in [9.17, 15) is 0 Å². The lowest BCUT2D eigenvalue weighted by molar-refractivity contribution is 1.06. The Balaban J connectivity index is 1.53. The highest BCUT2D eigenvalue weighted by Gasteiger charge is 2.33.